The first-order chi connectivity index (χ1) is 9.11. The Hall–Kier alpha value is -1.58. The van der Waals surface area contributed by atoms with Crippen LogP contribution in [0.25, 0.3) is 0 Å². The highest BCUT2D eigenvalue weighted by Gasteiger charge is 2.29. The van der Waals surface area contributed by atoms with Crippen molar-refractivity contribution in [1.82, 2.24) is 4.98 Å². The third-order valence-electron chi connectivity index (χ3n) is 4.07. The fraction of sp³-hybridized carbons (Fsp3) is 0.600. The van der Waals surface area contributed by atoms with E-state index in [0.717, 1.165) is 11.7 Å². The molecule has 3 atom stereocenters. The van der Waals surface area contributed by atoms with Crippen LogP contribution in [0, 0.1) is 11.8 Å². The van der Waals surface area contributed by atoms with Gasteiger partial charge in [-0.15, -0.1) is 0 Å². The van der Waals surface area contributed by atoms with Crippen LogP contribution in [0.3, 0.4) is 0 Å². The van der Waals surface area contributed by atoms with Crippen LogP contribution >= 0.6 is 0 Å². The van der Waals surface area contributed by atoms with Crippen LogP contribution in [0.15, 0.2) is 18.3 Å². The molecule has 2 rings (SSSR count). The summed E-state index contributed by atoms with van der Waals surface area (Å²) in [5, 5.41) is 3.46. The monoisotopic (exact) mass is 262 g/mol. The average molecular weight is 262 g/mol. The zero-order valence-corrected chi connectivity index (χ0v) is 11.8. The molecule has 0 aromatic carbocycles. The molecule has 0 aliphatic heterocycles. The number of carbonyl (C=O) groups excluding carboxylic acids is 1. The average Bonchev–Trinajstić information content (AvgIpc) is 2.72. The van der Waals surface area contributed by atoms with Gasteiger partial charge in [-0.2, -0.15) is 0 Å². The van der Waals surface area contributed by atoms with Crippen LogP contribution in [0.1, 0.15) is 44.0 Å². The van der Waals surface area contributed by atoms with Gasteiger partial charge in [0.25, 0.3) is 0 Å². The molecule has 19 heavy (non-hydrogen) atoms. The fourth-order valence-electron chi connectivity index (χ4n) is 2.57. The molecule has 1 heterocycles. The Balaban J connectivity index is 1.97. The Morgan fingerprint density at radius 1 is 1.42 bits per heavy atom. The molecule has 3 unspecified atom stereocenters. The smallest absolute Gasteiger partial charge is 0.339 e. The molecule has 1 saturated carbocycles. The quantitative estimate of drug-likeness (QED) is 0.847. The molecule has 1 fully saturated rings. The molecular formula is C15H22N2O2. The highest BCUT2D eigenvalue weighted by atomic mass is 16.5. The maximum atomic E-state index is 11.5. The largest absolute Gasteiger partial charge is 0.462 e. The van der Waals surface area contributed by atoms with Crippen molar-refractivity contribution in [2.24, 2.45) is 11.8 Å². The number of hydrogen-bond acceptors (Lipinski definition) is 4. The van der Waals surface area contributed by atoms with E-state index in [9.17, 15) is 4.79 Å². The predicted molar refractivity (Wildman–Crippen MR) is 75.2 cm³/mol. The molecule has 1 aliphatic rings. The number of ether oxygens (including phenoxy) is 1. The Morgan fingerprint density at radius 2 is 2.21 bits per heavy atom. The Bertz CT molecular complexity index is 430. The molecule has 0 amide bonds. The molecule has 0 saturated heterocycles. The number of nitrogens with zero attached hydrogens (tertiary/aromatic N) is 1. The van der Waals surface area contributed by atoms with E-state index >= 15 is 0 Å². The van der Waals surface area contributed by atoms with Gasteiger partial charge < -0.3 is 10.1 Å². The number of nitrogens with one attached hydrogen (secondary N) is 1. The molecule has 104 valence electrons. The normalized spacial score (nSPS) is 26.2. The summed E-state index contributed by atoms with van der Waals surface area (Å²) in [6, 6.07) is 4.09. The van der Waals surface area contributed by atoms with Crippen molar-refractivity contribution in [3.63, 3.8) is 0 Å². The molecule has 1 aromatic rings. The van der Waals surface area contributed by atoms with Crippen molar-refractivity contribution < 1.29 is 9.53 Å². The lowest BCUT2D eigenvalue weighted by Crippen LogP contribution is -2.24. The topological polar surface area (TPSA) is 51.2 Å². The highest BCUT2D eigenvalue weighted by Crippen LogP contribution is 2.32. The van der Waals surface area contributed by atoms with E-state index in [1.165, 1.54) is 12.8 Å². The number of hydrogen-bond donors (Lipinski definition) is 1. The van der Waals surface area contributed by atoms with E-state index in [0.29, 0.717) is 24.1 Å². The summed E-state index contributed by atoms with van der Waals surface area (Å²) in [5.41, 5.74) is 0.500. The third kappa shape index (κ3) is 3.25. The van der Waals surface area contributed by atoms with Crippen molar-refractivity contribution in [2.45, 2.75) is 39.7 Å². The van der Waals surface area contributed by atoms with Gasteiger partial charge in [0.1, 0.15) is 5.82 Å². The van der Waals surface area contributed by atoms with Gasteiger partial charge >= 0.3 is 5.97 Å². The second kappa shape index (κ2) is 6.04. The first-order valence-corrected chi connectivity index (χ1v) is 7.01. The number of rotatable bonds is 4. The molecular weight excluding hydrogens is 240 g/mol. The molecule has 1 aromatic heterocycles. The van der Waals surface area contributed by atoms with Gasteiger partial charge in [-0.3, -0.25) is 0 Å². The SMILES string of the molecule is CCOC(=O)c1ccc(NC2CCC(C)C2C)nc1. The summed E-state index contributed by atoms with van der Waals surface area (Å²) in [6.45, 7) is 6.76. The summed E-state index contributed by atoms with van der Waals surface area (Å²) in [6.07, 6.45) is 4.02. The lowest BCUT2D eigenvalue weighted by Gasteiger charge is -2.20. The third-order valence-corrected chi connectivity index (χ3v) is 4.07. The van der Waals surface area contributed by atoms with Crippen LogP contribution in [-0.4, -0.2) is 23.6 Å². The van der Waals surface area contributed by atoms with Crippen LogP contribution in [-0.2, 0) is 4.74 Å². The van der Waals surface area contributed by atoms with E-state index in [4.69, 9.17) is 4.74 Å². The minimum absolute atomic E-state index is 0.315. The first-order valence-electron chi connectivity index (χ1n) is 7.01. The molecule has 4 nitrogen and oxygen atoms in total. The molecule has 0 spiro atoms. The van der Waals surface area contributed by atoms with Crippen molar-refractivity contribution >= 4 is 11.8 Å². The van der Waals surface area contributed by atoms with Crippen molar-refractivity contribution in [2.75, 3.05) is 11.9 Å². The predicted octanol–water partition coefficient (Wildman–Crippen LogP) is 3.10. The Morgan fingerprint density at radius 3 is 2.74 bits per heavy atom. The summed E-state index contributed by atoms with van der Waals surface area (Å²) < 4.78 is 4.93. The Kier molecular flexibility index (Phi) is 4.40. The zero-order valence-electron chi connectivity index (χ0n) is 11.8. The lowest BCUT2D eigenvalue weighted by atomic mass is 9.98. The molecule has 0 bridgehead atoms. The number of aromatic nitrogens is 1. The van der Waals surface area contributed by atoms with E-state index in [-0.39, 0.29) is 5.97 Å². The van der Waals surface area contributed by atoms with Crippen LogP contribution < -0.4 is 5.32 Å². The molecule has 0 radical (unpaired) electrons. The van der Waals surface area contributed by atoms with Gasteiger partial charge in [0.05, 0.1) is 12.2 Å². The summed E-state index contributed by atoms with van der Waals surface area (Å²) in [7, 11) is 0. The lowest BCUT2D eigenvalue weighted by molar-refractivity contribution is 0.0526. The number of pyridine rings is 1. The molecule has 1 N–H and O–H groups in total. The van der Waals surface area contributed by atoms with Crippen molar-refractivity contribution in [3.8, 4) is 0 Å². The number of esters is 1. The van der Waals surface area contributed by atoms with Crippen LogP contribution in [0.5, 0.6) is 0 Å². The number of carbonyl (C=O) groups is 1. The van der Waals surface area contributed by atoms with E-state index in [1.807, 2.05) is 6.07 Å². The van der Waals surface area contributed by atoms with Crippen molar-refractivity contribution in [1.29, 1.82) is 0 Å². The standard InChI is InChI=1S/C15H22N2O2/c1-4-19-15(18)12-6-8-14(16-9-12)17-13-7-5-10(2)11(13)3/h6,8-11,13H,4-5,7H2,1-3H3,(H,16,17). The minimum atomic E-state index is -0.315. The van der Waals surface area contributed by atoms with Gasteiger partial charge in [-0.25, -0.2) is 9.78 Å². The van der Waals surface area contributed by atoms with Gasteiger partial charge in [0.2, 0.25) is 0 Å². The summed E-state index contributed by atoms with van der Waals surface area (Å²) in [4.78, 5) is 15.8. The summed E-state index contributed by atoms with van der Waals surface area (Å²) >= 11 is 0. The molecule has 1 aliphatic carbocycles. The van der Waals surface area contributed by atoms with Crippen LogP contribution in [0.2, 0.25) is 0 Å². The molecule has 4 heteroatoms. The maximum absolute atomic E-state index is 11.5. The van der Waals surface area contributed by atoms with E-state index < -0.39 is 0 Å². The maximum Gasteiger partial charge on any atom is 0.339 e. The fourth-order valence-corrected chi connectivity index (χ4v) is 2.57. The van der Waals surface area contributed by atoms with E-state index in [2.05, 4.69) is 24.1 Å². The zero-order chi connectivity index (χ0) is 13.8. The minimum Gasteiger partial charge on any atom is -0.462 e. The van der Waals surface area contributed by atoms with Gasteiger partial charge in [0, 0.05) is 12.2 Å². The highest BCUT2D eigenvalue weighted by molar-refractivity contribution is 5.89. The number of anilines is 1. The van der Waals surface area contributed by atoms with E-state index in [1.54, 1.807) is 19.2 Å². The van der Waals surface area contributed by atoms with Gasteiger partial charge in [0.15, 0.2) is 0 Å². The van der Waals surface area contributed by atoms with Crippen molar-refractivity contribution in [3.05, 3.63) is 23.9 Å². The second-order valence-electron chi connectivity index (χ2n) is 5.32. The first kappa shape index (κ1) is 13.8. The van der Waals surface area contributed by atoms with Gasteiger partial charge in [-0.1, -0.05) is 13.8 Å². The van der Waals surface area contributed by atoms with Gasteiger partial charge in [-0.05, 0) is 43.7 Å². The van der Waals surface area contributed by atoms with Crippen LogP contribution in [0.4, 0.5) is 5.82 Å². The Labute approximate surface area is 114 Å². The summed E-state index contributed by atoms with van der Waals surface area (Å²) in [5.74, 6) is 1.94. The second-order valence-corrected chi connectivity index (χ2v) is 5.32.